The van der Waals surface area contributed by atoms with Gasteiger partial charge in [-0.15, -0.1) is 0 Å². The molecule has 0 atom stereocenters. The summed E-state index contributed by atoms with van der Waals surface area (Å²) in [5.74, 6) is 0. The summed E-state index contributed by atoms with van der Waals surface area (Å²) < 4.78 is 1.32. The first kappa shape index (κ1) is 8.59. The third-order valence-electron chi connectivity index (χ3n) is 1.97. The first-order valence-electron chi connectivity index (χ1n) is 3.42. The Morgan fingerprint density at radius 2 is 1.80 bits per heavy atom. The van der Waals surface area contributed by atoms with E-state index in [1.807, 2.05) is 11.3 Å². The van der Waals surface area contributed by atoms with Crippen molar-refractivity contribution in [2.24, 2.45) is 0 Å². The molecule has 2 heteroatoms. The third kappa shape index (κ3) is 1.40. The van der Waals surface area contributed by atoms with Crippen molar-refractivity contribution in [1.29, 1.82) is 0 Å². The van der Waals surface area contributed by atoms with Crippen molar-refractivity contribution in [3.63, 3.8) is 0 Å². The molecule has 0 aliphatic rings. The van der Waals surface area contributed by atoms with E-state index in [9.17, 15) is 0 Å². The van der Waals surface area contributed by atoms with Crippen LogP contribution in [-0.2, 0) is 4.44 Å². The van der Waals surface area contributed by atoms with Gasteiger partial charge in [0.1, 0.15) is 0 Å². The Balaban J connectivity index is 3.17. The fourth-order valence-electron chi connectivity index (χ4n) is 1.01. The van der Waals surface area contributed by atoms with Gasteiger partial charge < -0.3 is 0 Å². The van der Waals surface area contributed by atoms with Crippen molar-refractivity contribution in [2.75, 3.05) is 0 Å². The Labute approximate surface area is 79.7 Å². The standard InChI is InChI=1S/C8H11S.Sn.H/c1-5-6(2)8(4)9-7(5)3;;/h3H2,1-2,4H3;;. The van der Waals surface area contributed by atoms with E-state index < -0.39 is 0 Å². The molecule has 0 bridgehead atoms. The summed E-state index contributed by atoms with van der Waals surface area (Å²) in [7, 11) is 0. The molecule has 0 N–H and O–H groups in total. The number of aryl methyl sites for hydroxylation is 1. The molecule has 0 spiro atoms. The van der Waals surface area contributed by atoms with Crippen molar-refractivity contribution in [2.45, 2.75) is 25.2 Å². The van der Waals surface area contributed by atoms with E-state index in [-0.39, 0.29) is 0 Å². The average Bonchev–Trinajstić information content (AvgIpc) is 2.17. The van der Waals surface area contributed by atoms with Gasteiger partial charge in [-0.05, 0) is 0 Å². The molecule has 1 aromatic rings. The van der Waals surface area contributed by atoms with Gasteiger partial charge in [0.05, 0.1) is 0 Å². The Hall–Kier alpha value is 0.499. The van der Waals surface area contributed by atoms with Crippen LogP contribution in [0.2, 0.25) is 0 Å². The van der Waals surface area contributed by atoms with Crippen LogP contribution in [0, 0.1) is 20.8 Å². The summed E-state index contributed by atoms with van der Waals surface area (Å²) in [6.45, 7) is 6.68. The molecule has 10 heavy (non-hydrogen) atoms. The van der Waals surface area contributed by atoms with Crippen molar-refractivity contribution in [3.05, 3.63) is 20.9 Å². The van der Waals surface area contributed by atoms with Gasteiger partial charge in [-0.2, -0.15) is 0 Å². The van der Waals surface area contributed by atoms with Gasteiger partial charge in [0.25, 0.3) is 0 Å². The van der Waals surface area contributed by atoms with Gasteiger partial charge in [0.15, 0.2) is 0 Å². The SMILES string of the molecule is Cc1sc([CH2][SnH])c(C)c1C. The molecule has 0 aromatic carbocycles. The van der Waals surface area contributed by atoms with Crippen molar-refractivity contribution >= 4 is 33.9 Å². The molecule has 0 saturated heterocycles. The fraction of sp³-hybridized carbons (Fsp3) is 0.500. The van der Waals surface area contributed by atoms with Gasteiger partial charge in [-0.25, -0.2) is 0 Å². The number of hydrogen-bond donors (Lipinski definition) is 0. The predicted octanol–water partition coefficient (Wildman–Crippen LogP) is 2.07. The van der Waals surface area contributed by atoms with E-state index in [1.54, 1.807) is 4.88 Å². The first-order chi connectivity index (χ1) is 4.66. The zero-order valence-electron chi connectivity index (χ0n) is 6.69. The second-order valence-electron chi connectivity index (χ2n) is 2.54. The average molecular weight is 259 g/mol. The maximum atomic E-state index is 2.24. The van der Waals surface area contributed by atoms with E-state index in [1.165, 1.54) is 43.0 Å². The second kappa shape index (κ2) is 3.26. The summed E-state index contributed by atoms with van der Waals surface area (Å²) in [6, 6.07) is 0. The quantitative estimate of drug-likeness (QED) is 0.677. The normalized spacial score (nSPS) is 10.4. The monoisotopic (exact) mass is 260 g/mol. The Morgan fingerprint density at radius 3 is 2.00 bits per heavy atom. The van der Waals surface area contributed by atoms with Crippen molar-refractivity contribution in [3.8, 4) is 0 Å². The van der Waals surface area contributed by atoms with E-state index in [0.717, 1.165) is 0 Å². The van der Waals surface area contributed by atoms with Crippen LogP contribution in [-0.4, -0.2) is 22.5 Å². The van der Waals surface area contributed by atoms with Crippen molar-refractivity contribution in [1.82, 2.24) is 0 Å². The molecule has 0 aliphatic heterocycles. The summed E-state index contributed by atoms with van der Waals surface area (Å²) in [5.41, 5.74) is 3.05. The van der Waals surface area contributed by atoms with Gasteiger partial charge >= 0.3 is 80.0 Å². The molecular formula is C8H12SSn. The Kier molecular flexibility index (Phi) is 2.80. The van der Waals surface area contributed by atoms with Crippen LogP contribution in [0.4, 0.5) is 0 Å². The van der Waals surface area contributed by atoms with Gasteiger partial charge in [-0.3, -0.25) is 0 Å². The molecule has 2 radical (unpaired) electrons. The fourth-order valence-corrected chi connectivity index (χ4v) is 3.66. The second-order valence-corrected chi connectivity index (χ2v) is 5.01. The molecule has 0 nitrogen and oxygen atoms in total. The van der Waals surface area contributed by atoms with Crippen LogP contribution >= 0.6 is 11.3 Å². The zero-order chi connectivity index (χ0) is 7.72. The maximum absolute atomic E-state index is 2.24. The van der Waals surface area contributed by atoms with Gasteiger partial charge in [0.2, 0.25) is 0 Å². The molecular weight excluding hydrogens is 247 g/mol. The van der Waals surface area contributed by atoms with Gasteiger partial charge in [-0.1, -0.05) is 0 Å². The third-order valence-corrected chi connectivity index (χ3v) is 5.31. The Bertz CT molecular complexity index is 238. The predicted molar refractivity (Wildman–Crippen MR) is 49.4 cm³/mol. The van der Waals surface area contributed by atoms with Crippen LogP contribution in [0.1, 0.15) is 20.9 Å². The molecule has 1 aromatic heterocycles. The number of thiophene rings is 1. The molecule has 0 aliphatic carbocycles. The topological polar surface area (TPSA) is 0 Å². The summed E-state index contributed by atoms with van der Waals surface area (Å²) in [5, 5.41) is 0. The zero-order valence-corrected chi connectivity index (χ0v) is 10.8. The minimum absolute atomic E-state index is 1.32. The van der Waals surface area contributed by atoms with E-state index in [4.69, 9.17) is 0 Å². The van der Waals surface area contributed by atoms with Crippen LogP contribution < -0.4 is 0 Å². The molecule has 0 saturated carbocycles. The van der Waals surface area contributed by atoms with E-state index >= 15 is 0 Å². The number of rotatable bonds is 1. The molecule has 1 rings (SSSR count). The van der Waals surface area contributed by atoms with Crippen molar-refractivity contribution < 1.29 is 0 Å². The Morgan fingerprint density at radius 1 is 1.20 bits per heavy atom. The molecule has 0 unspecified atom stereocenters. The number of hydrogen-bond acceptors (Lipinski definition) is 1. The molecule has 1 heterocycles. The molecule has 0 amide bonds. The molecule has 54 valence electrons. The summed E-state index contributed by atoms with van der Waals surface area (Å²) in [6.07, 6.45) is 0. The first-order valence-corrected chi connectivity index (χ1v) is 6.57. The minimum atomic E-state index is 1.32. The van der Waals surface area contributed by atoms with E-state index in [2.05, 4.69) is 20.8 Å². The van der Waals surface area contributed by atoms with Crippen LogP contribution in [0.15, 0.2) is 0 Å². The summed E-state index contributed by atoms with van der Waals surface area (Å²) >= 11 is 3.33. The summed E-state index contributed by atoms with van der Waals surface area (Å²) in [4.78, 5) is 3.11. The van der Waals surface area contributed by atoms with Crippen LogP contribution in [0.5, 0.6) is 0 Å². The van der Waals surface area contributed by atoms with E-state index in [0.29, 0.717) is 0 Å². The van der Waals surface area contributed by atoms with Crippen LogP contribution in [0.25, 0.3) is 0 Å². The molecule has 0 fully saturated rings. The van der Waals surface area contributed by atoms with Gasteiger partial charge in [0, 0.05) is 0 Å². The van der Waals surface area contributed by atoms with Crippen LogP contribution in [0.3, 0.4) is 0 Å².